The molecule has 0 aliphatic heterocycles. The van der Waals surface area contributed by atoms with Gasteiger partial charge in [-0.3, -0.25) is 0 Å². The largest absolute Gasteiger partial charge is 0.463 e. The van der Waals surface area contributed by atoms with Crippen molar-refractivity contribution in [2.45, 2.75) is 5.33 Å². The summed E-state index contributed by atoms with van der Waals surface area (Å²) in [5.41, 5.74) is 0.849. The van der Waals surface area contributed by atoms with Gasteiger partial charge in [-0.1, -0.05) is 15.9 Å². The molecule has 0 unspecified atom stereocenters. The van der Waals surface area contributed by atoms with Crippen LogP contribution in [0.15, 0.2) is 12.4 Å². The third-order valence-electron chi connectivity index (χ3n) is 0.986. The molecule has 54 valence electrons. The number of hydrogen-bond acceptors (Lipinski definition) is 2. The summed E-state index contributed by atoms with van der Waals surface area (Å²) in [6.07, 6.45) is 1.90. The maximum atomic E-state index is 10.2. The van der Waals surface area contributed by atoms with Crippen LogP contribution in [0, 0.1) is 0 Å². The average molecular weight is 205 g/mol. The first-order valence-corrected chi connectivity index (χ1v) is 3.69. The number of hydrogen-bond donors (Lipinski definition) is 1. The zero-order valence-electron chi connectivity index (χ0n) is 4.99. The van der Waals surface area contributed by atoms with Gasteiger partial charge >= 0.3 is 6.09 Å². The van der Waals surface area contributed by atoms with Gasteiger partial charge in [-0.15, -0.1) is 0 Å². The molecular weight excluding hydrogens is 200 g/mol. The minimum Gasteiger partial charge on any atom is -0.463 e. The van der Waals surface area contributed by atoms with Gasteiger partial charge in [0.1, 0.15) is 0 Å². The van der Waals surface area contributed by atoms with Gasteiger partial charge in [0.2, 0.25) is 0 Å². The highest BCUT2D eigenvalue weighted by atomic mass is 79.9. The Labute approximate surface area is 65.6 Å². The predicted octanol–water partition coefficient (Wildman–Crippen LogP) is 1.30. The van der Waals surface area contributed by atoms with Crippen LogP contribution in [-0.2, 0) is 5.33 Å². The number of halogens is 1. The van der Waals surface area contributed by atoms with E-state index in [1.807, 2.05) is 0 Å². The first kappa shape index (κ1) is 7.27. The van der Waals surface area contributed by atoms with Crippen LogP contribution >= 0.6 is 15.9 Å². The summed E-state index contributed by atoms with van der Waals surface area (Å²) in [6.45, 7) is 0. The topological polar surface area (TPSA) is 55.1 Å². The molecule has 0 amide bonds. The SMILES string of the molecule is O=C(O)n1cc(CBr)cn1. The number of nitrogens with zero attached hydrogens (tertiary/aromatic N) is 2. The Balaban J connectivity index is 2.88. The molecule has 0 atom stereocenters. The van der Waals surface area contributed by atoms with E-state index in [4.69, 9.17) is 5.11 Å². The summed E-state index contributed by atoms with van der Waals surface area (Å²) < 4.78 is 0.872. The Bertz CT molecular complexity index is 246. The number of alkyl halides is 1. The molecule has 0 aromatic carbocycles. The van der Waals surface area contributed by atoms with Crippen LogP contribution in [0.25, 0.3) is 0 Å². The summed E-state index contributed by atoms with van der Waals surface area (Å²) in [6, 6.07) is 0. The number of carbonyl (C=O) groups is 1. The molecule has 1 aromatic rings. The van der Waals surface area contributed by atoms with Crippen molar-refractivity contribution in [3.05, 3.63) is 18.0 Å². The van der Waals surface area contributed by atoms with Gasteiger partial charge in [0, 0.05) is 17.1 Å². The standard InChI is InChI=1S/C5H5BrN2O2/c6-1-4-2-7-8(3-4)5(9)10/h2-3H,1H2,(H,9,10). The van der Waals surface area contributed by atoms with Crippen molar-refractivity contribution in [2.75, 3.05) is 0 Å². The van der Waals surface area contributed by atoms with Crippen LogP contribution in [-0.4, -0.2) is 21.0 Å². The van der Waals surface area contributed by atoms with E-state index in [0.717, 1.165) is 10.2 Å². The summed E-state index contributed by atoms with van der Waals surface area (Å²) >= 11 is 3.17. The van der Waals surface area contributed by atoms with E-state index >= 15 is 0 Å². The summed E-state index contributed by atoms with van der Waals surface area (Å²) in [5.74, 6) is 0. The lowest BCUT2D eigenvalue weighted by molar-refractivity contribution is 0.192. The minimum absolute atomic E-state index is 0.625. The second-order valence-corrected chi connectivity index (χ2v) is 2.27. The van der Waals surface area contributed by atoms with E-state index < -0.39 is 6.09 Å². The predicted molar refractivity (Wildman–Crippen MR) is 38.3 cm³/mol. The van der Waals surface area contributed by atoms with E-state index in [1.54, 1.807) is 0 Å². The first-order valence-electron chi connectivity index (χ1n) is 2.57. The molecule has 10 heavy (non-hydrogen) atoms. The molecule has 1 rings (SSSR count). The van der Waals surface area contributed by atoms with Gasteiger partial charge in [-0.05, 0) is 0 Å². The molecule has 1 heterocycles. The fourth-order valence-electron chi connectivity index (χ4n) is 0.534. The van der Waals surface area contributed by atoms with E-state index in [1.165, 1.54) is 12.4 Å². The molecule has 0 saturated carbocycles. The van der Waals surface area contributed by atoms with E-state index in [9.17, 15) is 4.79 Å². The molecule has 0 fully saturated rings. The molecule has 1 aromatic heterocycles. The second-order valence-electron chi connectivity index (χ2n) is 1.71. The van der Waals surface area contributed by atoms with Gasteiger partial charge in [-0.2, -0.15) is 9.78 Å². The number of aromatic nitrogens is 2. The molecule has 0 saturated heterocycles. The van der Waals surface area contributed by atoms with Gasteiger partial charge in [0.05, 0.1) is 6.20 Å². The highest BCUT2D eigenvalue weighted by molar-refractivity contribution is 9.08. The van der Waals surface area contributed by atoms with Crippen LogP contribution in [0.2, 0.25) is 0 Å². The number of rotatable bonds is 1. The Hall–Kier alpha value is -0.840. The number of carboxylic acid groups (broad SMARTS) is 1. The Morgan fingerprint density at radius 3 is 2.90 bits per heavy atom. The van der Waals surface area contributed by atoms with Crippen LogP contribution in [0.4, 0.5) is 4.79 Å². The summed E-state index contributed by atoms with van der Waals surface area (Å²) in [5, 5.41) is 12.6. The minimum atomic E-state index is -1.06. The Kier molecular flexibility index (Phi) is 2.06. The van der Waals surface area contributed by atoms with Crippen molar-refractivity contribution < 1.29 is 9.90 Å². The summed E-state index contributed by atoms with van der Waals surface area (Å²) in [7, 11) is 0. The van der Waals surface area contributed by atoms with Crippen LogP contribution in [0.3, 0.4) is 0 Å². The fraction of sp³-hybridized carbons (Fsp3) is 0.200. The molecule has 0 bridgehead atoms. The van der Waals surface area contributed by atoms with E-state index in [-0.39, 0.29) is 0 Å². The fourth-order valence-corrected chi connectivity index (χ4v) is 0.823. The van der Waals surface area contributed by atoms with Gasteiger partial charge in [0.15, 0.2) is 0 Å². The van der Waals surface area contributed by atoms with Gasteiger partial charge in [0.25, 0.3) is 0 Å². The van der Waals surface area contributed by atoms with Gasteiger partial charge < -0.3 is 5.11 Å². The van der Waals surface area contributed by atoms with Crippen LogP contribution in [0.5, 0.6) is 0 Å². The van der Waals surface area contributed by atoms with Crippen LogP contribution < -0.4 is 0 Å². The summed E-state index contributed by atoms with van der Waals surface area (Å²) in [4.78, 5) is 10.2. The van der Waals surface area contributed by atoms with Crippen molar-refractivity contribution in [3.8, 4) is 0 Å². The van der Waals surface area contributed by atoms with Crippen molar-refractivity contribution in [2.24, 2.45) is 0 Å². The molecule has 0 aliphatic rings. The molecule has 1 N–H and O–H groups in total. The quantitative estimate of drug-likeness (QED) is 0.703. The smallest absolute Gasteiger partial charge is 0.432 e. The van der Waals surface area contributed by atoms with Gasteiger partial charge in [-0.25, -0.2) is 4.79 Å². The monoisotopic (exact) mass is 204 g/mol. The molecule has 4 nitrogen and oxygen atoms in total. The molecular formula is C5H5BrN2O2. The second kappa shape index (κ2) is 2.83. The van der Waals surface area contributed by atoms with Crippen molar-refractivity contribution >= 4 is 22.0 Å². The first-order chi connectivity index (χ1) is 4.74. The zero-order chi connectivity index (χ0) is 7.56. The lowest BCUT2D eigenvalue weighted by Gasteiger charge is -1.86. The molecule has 5 heteroatoms. The van der Waals surface area contributed by atoms with E-state index in [0.29, 0.717) is 5.33 Å². The molecule has 0 aliphatic carbocycles. The van der Waals surface area contributed by atoms with Crippen molar-refractivity contribution in [1.82, 2.24) is 9.78 Å². The third kappa shape index (κ3) is 1.36. The maximum Gasteiger partial charge on any atom is 0.432 e. The van der Waals surface area contributed by atoms with Crippen molar-refractivity contribution in [3.63, 3.8) is 0 Å². The van der Waals surface area contributed by atoms with E-state index in [2.05, 4.69) is 21.0 Å². The lowest BCUT2D eigenvalue weighted by atomic mass is 10.4. The highest BCUT2D eigenvalue weighted by Gasteiger charge is 2.01. The lowest BCUT2D eigenvalue weighted by Crippen LogP contribution is -2.07. The van der Waals surface area contributed by atoms with Crippen molar-refractivity contribution in [1.29, 1.82) is 0 Å². The Morgan fingerprint density at radius 2 is 2.60 bits per heavy atom. The molecule has 0 spiro atoms. The third-order valence-corrected chi connectivity index (χ3v) is 1.63. The normalized spacial score (nSPS) is 9.70. The Morgan fingerprint density at radius 1 is 1.90 bits per heavy atom. The highest BCUT2D eigenvalue weighted by Crippen LogP contribution is 2.02. The van der Waals surface area contributed by atoms with Crippen LogP contribution in [0.1, 0.15) is 5.56 Å². The average Bonchev–Trinajstić information content (AvgIpc) is 2.34. The molecule has 0 radical (unpaired) electrons. The maximum absolute atomic E-state index is 10.2. The zero-order valence-corrected chi connectivity index (χ0v) is 6.58.